The molecule has 4 aliphatic carbocycles. The van der Waals surface area contributed by atoms with E-state index in [-0.39, 0.29) is 40.9 Å². The van der Waals surface area contributed by atoms with Crippen LogP contribution in [0.1, 0.15) is 169 Å². The predicted molar refractivity (Wildman–Crippen MR) is 288 cm³/mol. The van der Waals surface area contributed by atoms with Crippen molar-refractivity contribution in [1.29, 1.82) is 0 Å². The SMILES string of the molecule is CC(=O)OCC1OC(OC(CCC(C)C2CCC3(C)C4CC=C5C(CCC(OC6OC(COC(C)=O)C(OC(C)=O)C(OC(C)=O)C6OC(C)=O)C5(C)C)C4(C)C(OC(C)=O)CC23C)C(C)(C)O)C(OC(C)=O)C(OC(C)=O)C1OC(C)=O. The minimum atomic E-state index is -1.52. The van der Waals surface area contributed by atoms with Crippen molar-refractivity contribution in [1.82, 2.24) is 0 Å². The van der Waals surface area contributed by atoms with Crippen molar-refractivity contribution in [2.24, 2.45) is 45.3 Å². The molecule has 0 bridgehead atoms. The van der Waals surface area contributed by atoms with Crippen LogP contribution < -0.4 is 0 Å². The first-order chi connectivity index (χ1) is 38.4. The van der Waals surface area contributed by atoms with Crippen LogP contribution in [-0.4, -0.2) is 157 Å². The summed E-state index contributed by atoms with van der Waals surface area (Å²) >= 11 is 0. The van der Waals surface area contributed by atoms with Crippen molar-refractivity contribution >= 4 is 53.7 Å². The van der Waals surface area contributed by atoms with Crippen molar-refractivity contribution in [3.05, 3.63) is 11.6 Å². The van der Waals surface area contributed by atoms with Gasteiger partial charge in [0.25, 0.3) is 0 Å². The summed E-state index contributed by atoms with van der Waals surface area (Å²) in [5.74, 6) is -6.20. The van der Waals surface area contributed by atoms with E-state index in [1.54, 1.807) is 13.8 Å². The summed E-state index contributed by atoms with van der Waals surface area (Å²) in [5, 5.41) is 11.8. The zero-order valence-corrected chi connectivity index (χ0v) is 51.4. The Hall–Kier alpha value is -5.23. The first-order valence-electron chi connectivity index (χ1n) is 29.0. The number of carbonyl (C=O) groups excluding carboxylic acids is 9. The Balaban J connectivity index is 1.28. The molecule has 23 nitrogen and oxygen atoms in total. The van der Waals surface area contributed by atoms with Gasteiger partial charge in [0.15, 0.2) is 49.2 Å². The second kappa shape index (κ2) is 26.2. The van der Waals surface area contributed by atoms with Crippen molar-refractivity contribution < 1.29 is 110 Å². The fourth-order valence-electron chi connectivity index (χ4n) is 15.3. The van der Waals surface area contributed by atoms with Crippen LogP contribution in [0.5, 0.6) is 0 Å². The van der Waals surface area contributed by atoms with Gasteiger partial charge in [0.2, 0.25) is 0 Å². The monoisotopic (exact) mass is 1180 g/mol. The van der Waals surface area contributed by atoms with Crippen LogP contribution in [-0.2, 0) is 105 Å². The molecule has 6 rings (SSSR count). The first-order valence-corrected chi connectivity index (χ1v) is 29.0. The van der Waals surface area contributed by atoms with E-state index in [9.17, 15) is 48.3 Å². The van der Waals surface area contributed by atoms with Crippen LogP contribution >= 0.6 is 0 Å². The number of esters is 9. The molecule has 0 aromatic carbocycles. The van der Waals surface area contributed by atoms with Gasteiger partial charge in [-0.05, 0) is 99.7 Å². The zero-order valence-electron chi connectivity index (χ0n) is 51.4. The van der Waals surface area contributed by atoms with Gasteiger partial charge in [0.1, 0.15) is 31.5 Å². The Bertz CT molecular complexity index is 2460. The van der Waals surface area contributed by atoms with Crippen LogP contribution in [0.2, 0.25) is 0 Å². The number of allylic oxidation sites excluding steroid dienone is 1. The fraction of sp³-hybridized carbons (Fsp3) is 0.817. The average molecular weight is 1180 g/mol. The van der Waals surface area contributed by atoms with Crippen molar-refractivity contribution in [3.63, 3.8) is 0 Å². The molecule has 0 aromatic heterocycles. The molecule has 20 unspecified atom stereocenters. The topological polar surface area (TPSA) is 294 Å². The summed E-state index contributed by atoms with van der Waals surface area (Å²) in [5.41, 5.74) is -2.29. The van der Waals surface area contributed by atoms with Crippen LogP contribution in [0.25, 0.3) is 0 Å². The molecule has 6 aliphatic rings. The minimum absolute atomic E-state index is 0.0189. The lowest BCUT2D eigenvalue weighted by Crippen LogP contribution is -2.66. The number of ether oxygens (including phenoxy) is 13. The molecule has 2 aliphatic heterocycles. The molecule has 2 heterocycles. The molecule has 83 heavy (non-hydrogen) atoms. The van der Waals surface area contributed by atoms with Gasteiger partial charge in [0, 0.05) is 73.1 Å². The van der Waals surface area contributed by atoms with Gasteiger partial charge in [-0.1, -0.05) is 53.2 Å². The molecule has 2 saturated heterocycles. The fourth-order valence-corrected chi connectivity index (χ4v) is 15.3. The summed E-state index contributed by atoms with van der Waals surface area (Å²) in [6.07, 6.45) is -8.66. The highest BCUT2D eigenvalue weighted by Crippen LogP contribution is 2.75. The molecule has 23 heteroatoms. The third kappa shape index (κ3) is 14.5. The van der Waals surface area contributed by atoms with E-state index in [1.807, 2.05) is 0 Å². The van der Waals surface area contributed by atoms with Crippen LogP contribution in [0, 0.1) is 45.3 Å². The zero-order chi connectivity index (χ0) is 62.1. The highest BCUT2D eigenvalue weighted by atomic mass is 16.8. The largest absolute Gasteiger partial charge is 0.463 e. The standard InChI is InChI=1S/C60H90O23/c1-29(18-22-46(57(13,14)70)83-55-53(79-38(10)69)51(77-36(8)67)49(75-34(6)65)43(81-55)28-72-31(3)62)39-24-25-58(15)44-21-19-40-41(60(44,17)47(73-32(4)63)26-59(39,58)16)20-23-45(56(40,11)12)82-54-52(78-37(9)68)50(76-35(7)66)48(74-33(5)64)42(80-54)27-71-30(2)61/h19,29,39,41-55,70H,18,20-28H2,1-17H3. The number of carbonyl (C=O) groups is 9. The average Bonchev–Trinajstić information content (AvgIpc) is 1.74. The van der Waals surface area contributed by atoms with Gasteiger partial charge in [-0.25, -0.2) is 0 Å². The van der Waals surface area contributed by atoms with E-state index in [1.165, 1.54) is 27.7 Å². The number of hydrogen-bond acceptors (Lipinski definition) is 23. The Kier molecular flexibility index (Phi) is 21.1. The van der Waals surface area contributed by atoms with Gasteiger partial charge in [0.05, 0.1) is 17.8 Å². The molecule has 0 aromatic rings. The van der Waals surface area contributed by atoms with E-state index < -0.39 is 163 Å². The molecule has 1 N–H and O–H groups in total. The van der Waals surface area contributed by atoms with Gasteiger partial charge >= 0.3 is 53.7 Å². The van der Waals surface area contributed by atoms with Gasteiger partial charge in [-0.15, -0.1) is 0 Å². The lowest BCUT2D eigenvalue weighted by molar-refractivity contribution is -0.326. The third-order valence-corrected chi connectivity index (χ3v) is 19.0. The Morgan fingerprint density at radius 1 is 0.566 bits per heavy atom. The van der Waals surface area contributed by atoms with E-state index in [0.717, 1.165) is 53.0 Å². The molecule has 3 saturated carbocycles. The maximum Gasteiger partial charge on any atom is 0.303 e. The molecule has 468 valence electrons. The maximum absolute atomic E-state index is 13.4. The molecular weight excluding hydrogens is 1090 g/mol. The molecule has 0 amide bonds. The van der Waals surface area contributed by atoms with Crippen LogP contribution in [0.4, 0.5) is 0 Å². The summed E-state index contributed by atoms with van der Waals surface area (Å²) in [6, 6.07) is 0. The molecular formula is C60H90O23. The quantitative estimate of drug-likeness (QED) is 0.0799. The van der Waals surface area contributed by atoms with Crippen molar-refractivity contribution in [2.75, 3.05) is 13.2 Å². The van der Waals surface area contributed by atoms with Crippen molar-refractivity contribution in [2.45, 2.75) is 254 Å². The Labute approximate surface area is 486 Å². The second-order valence-electron chi connectivity index (χ2n) is 25.5. The van der Waals surface area contributed by atoms with Crippen LogP contribution in [0.3, 0.4) is 0 Å². The van der Waals surface area contributed by atoms with E-state index >= 15 is 0 Å². The second-order valence-corrected chi connectivity index (χ2v) is 25.5. The smallest absolute Gasteiger partial charge is 0.303 e. The maximum atomic E-state index is 13.4. The van der Waals surface area contributed by atoms with Gasteiger partial charge < -0.3 is 66.7 Å². The summed E-state index contributed by atoms with van der Waals surface area (Å²) < 4.78 is 77.3. The van der Waals surface area contributed by atoms with Crippen molar-refractivity contribution in [3.8, 4) is 0 Å². The number of rotatable bonds is 20. The molecule has 5 fully saturated rings. The Morgan fingerprint density at radius 2 is 1.01 bits per heavy atom. The third-order valence-electron chi connectivity index (χ3n) is 19.0. The highest BCUT2D eigenvalue weighted by Gasteiger charge is 2.71. The van der Waals surface area contributed by atoms with E-state index in [2.05, 4.69) is 47.6 Å². The lowest BCUT2D eigenvalue weighted by Gasteiger charge is -2.68. The summed E-state index contributed by atoms with van der Waals surface area (Å²) in [4.78, 5) is 113. The highest BCUT2D eigenvalue weighted by molar-refractivity contribution is 5.70. The molecule has 0 spiro atoms. The normalized spacial score (nSPS) is 37.0. The predicted octanol–water partition coefficient (Wildman–Crippen LogP) is 6.26. The summed E-state index contributed by atoms with van der Waals surface area (Å²) in [7, 11) is 0. The molecule has 0 radical (unpaired) electrons. The number of fused-ring (bicyclic) bond motifs is 5. The minimum Gasteiger partial charge on any atom is -0.463 e. The number of hydrogen-bond donors (Lipinski definition) is 1. The van der Waals surface area contributed by atoms with Gasteiger partial charge in [-0.3, -0.25) is 43.2 Å². The van der Waals surface area contributed by atoms with E-state index in [0.29, 0.717) is 32.1 Å². The van der Waals surface area contributed by atoms with Gasteiger partial charge in [-0.2, -0.15) is 0 Å². The first kappa shape index (κ1) is 66.9. The number of aliphatic hydroxyl groups is 1. The molecule has 20 atom stereocenters. The Morgan fingerprint density at radius 3 is 1.47 bits per heavy atom. The lowest BCUT2D eigenvalue weighted by atomic mass is 9.38. The van der Waals surface area contributed by atoms with E-state index in [4.69, 9.17) is 61.6 Å². The summed E-state index contributed by atoms with van der Waals surface area (Å²) in [6.45, 7) is 26.3. The van der Waals surface area contributed by atoms with Crippen LogP contribution in [0.15, 0.2) is 11.6 Å².